The molecule has 0 radical (unpaired) electrons. The third-order valence-corrected chi connectivity index (χ3v) is 5.97. The molecule has 1 saturated heterocycles. The second kappa shape index (κ2) is 6.75. The molecule has 7 nitrogen and oxygen atoms in total. The Bertz CT molecular complexity index is 1230. The number of hydrogen-bond donors (Lipinski definition) is 2. The maximum absolute atomic E-state index is 13.0. The summed E-state index contributed by atoms with van der Waals surface area (Å²) in [6.45, 7) is 1.22. The van der Waals surface area contributed by atoms with Gasteiger partial charge in [-0.1, -0.05) is 0 Å². The molecule has 0 spiro atoms. The van der Waals surface area contributed by atoms with E-state index in [1.165, 1.54) is 36.4 Å². The molecule has 9 heteroatoms. The first-order valence-electron chi connectivity index (χ1n) is 8.58. The lowest BCUT2D eigenvalue weighted by molar-refractivity contribution is 0.0653. The van der Waals surface area contributed by atoms with Gasteiger partial charge in [-0.25, -0.2) is 12.8 Å². The minimum atomic E-state index is -3.97. The number of likely N-dealkylation sites (tertiary alicyclic amines) is 1. The number of halogens is 1. The molecule has 4 rings (SSSR count). The standard InChI is InChI=1S/C19H16FN3O4S/c20-12-2-4-13(5-3-12)22-28(26,27)14-6-7-17-15(10-14)16(11-18(24)21-17)19(25)23-8-1-9-23/h2-7,10-11,22H,1,8-9H2,(H,21,24). The van der Waals surface area contributed by atoms with E-state index in [2.05, 4.69) is 9.71 Å². The summed E-state index contributed by atoms with van der Waals surface area (Å²) in [4.78, 5) is 28.7. The molecule has 0 atom stereocenters. The number of pyridine rings is 1. The highest BCUT2D eigenvalue weighted by molar-refractivity contribution is 7.92. The number of hydrogen-bond acceptors (Lipinski definition) is 4. The van der Waals surface area contributed by atoms with E-state index in [0.717, 1.165) is 18.6 Å². The zero-order valence-electron chi connectivity index (χ0n) is 14.6. The minimum absolute atomic E-state index is 0.0750. The topological polar surface area (TPSA) is 99.3 Å². The van der Waals surface area contributed by atoms with Gasteiger partial charge in [-0.2, -0.15) is 0 Å². The largest absolute Gasteiger partial charge is 0.338 e. The molecule has 2 aromatic carbocycles. The molecule has 2 heterocycles. The quantitative estimate of drug-likeness (QED) is 0.701. The van der Waals surface area contributed by atoms with Gasteiger partial charge in [0, 0.05) is 35.7 Å². The second-order valence-corrected chi connectivity index (χ2v) is 8.20. The van der Waals surface area contributed by atoms with Crippen molar-refractivity contribution < 1.29 is 17.6 Å². The number of H-pyrrole nitrogens is 1. The predicted molar refractivity (Wildman–Crippen MR) is 102 cm³/mol. The van der Waals surface area contributed by atoms with E-state index in [0.29, 0.717) is 24.0 Å². The lowest BCUT2D eigenvalue weighted by atomic mass is 10.1. The third kappa shape index (κ3) is 3.36. The monoisotopic (exact) mass is 401 g/mol. The maximum atomic E-state index is 13.0. The van der Waals surface area contributed by atoms with Crippen LogP contribution in [0, 0.1) is 5.82 Å². The summed E-state index contributed by atoms with van der Waals surface area (Å²) in [7, 11) is -3.97. The van der Waals surface area contributed by atoms with Crippen LogP contribution in [0.2, 0.25) is 0 Å². The van der Waals surface area contributed by atoms with Gasteiger partial charge >= 0.3 is 0 Å². The zero-order valence-corrected chi connectivity index (χ0v) is 15.4. The lowest BCUT2D eigenvalue weighted by Crippen LogP contribution is -2.42. The van der Waals surface area contributed by atoms with Crippen LogP contribution >= 0.6 is 0 Å². The fourth-order valence-corrected chi connectivity index (χ4v) is 4.08. The van der Waals surface area contributed by atoms with Crippen molar-refractivity contribution in [1.82, 2.24) is 9.88 Å². The molecule has 0 saturated carbocycles. The highest BCUT2D eigenvalue weighted by atomic mass is 32.2. The van der Waals surface area contributed by atoms with Gasteiger partial charge in [0.2, 0.25) is 5.56 Å². The van der Waals surface area contributed by atoms with Gasteiger partial charge in [-0.3, -0.25) is 14.3 Å². The van der Waals surface area contributed by atoms with E-state index < -0.39 is 21.4 Å². The summed E-state index contributed by atoms with van der Waals surface area (Å²) < 4.78 is 40.8. The van der Waals surface area contributed by atoms with Crippen molar-refractivity contribution in [3.63, 3.8) is 0 Å². The van der Waals surface area contributed by atoms with Crippen molar-refractivity contribution in [3.05, 3.63) is 70.3 Å². The number of amides is 1. The minimum Gasteiger partial charge on any atom is -0.338 e. The first kappa shape index (κ1) is 18.2. The highest BCUT2D eigenvalue weighted by Gasteiger charge is 2.25. The first-order chi connectivity index (χ1) is 13.3. The Kier molecular flexibility index (Phi) is 4.38. The Hall–Kier alpha value is -3.20. The summed E-state index contributed by atoms with van der Waals surface area (Å²) in [5.41, 5.74) is 0.311. The molecule has 144 valence electrons. The molecule has 28 heavy (non-hydrogen) atoms. The zero-order chi connectivity index (χ0) is 19.9. The molecule has 1 aromatic heterocycles. The lowest BCUT2D eigenvalue weighted by Gasteiger charge is -2.31. The molecule has 0 aliphatic carbocycles. The molecule has 1 aliphatic rings. The SMILES string of the molecule is O=C(c1cc(=O)[nH]c2ccc(S(=O)(=O)Nc3ccc(F)cc3)cc12)N1CCC1. The van der Waals surface area contributed by atoms with Crippen LogP contribution in [0.1, 0.15) is 16.8 Å². The van der Waals surface area contributed by atoms with E-state index in [4.69, 9.17) is 0 Å². The number of aromatic nitrogens is 1. The molecule has 0 unspecified atom stereocenters. The second-order valence-electron chi connectivity index (χ2n) is 6.51. The van der Waals surface area contributed by atoms with Crippen LogP contribution in [0.25, 0.3) is 10.9 Å². The molecule has 1 fully saturated rings. The molecule has 0 bridgehead atoms. The fourth-order valence-electron chi connectivity index (χ4n) is 3.00. The number of nitrogens with zero attached hydrogens (tertiary/aromatic N) is 1. The van der Waals surface area contributed by atoms with Gasteiger partial charge in [-0.05, 0) is 48.9 Å². The van der Waals surface area contributed by atoms with Crippen molar-refractivity contribution >= 4 is 32.5 Å². The van der Waals surface area contributed by atoms with Crippen molar-refractivity contribution in [1.29, 1.82) is 0 Å². The molecule has 2 N–H and O–H groups in total. The number of nitrogens with one attached hydrogen (secondary N) is 2. The number of anilines is 1. The van der Waals surface area contributed by atoms with Gasteiger partial charge < -0.3 is 9.88 Å². The molecule has 3 aromatic rings. The van der Waals surface area contributed by atoms with Gasteiger partial charge in [0.25, 0.3) is 15.9 Å². The van der Waals surface area contributed by atoms with Crippen LogP contribution in [0.5, 0.6) is 0 Å². The summed E-state index contributed by atoms with van der Waals surface area (Å²) in [5, 5.41) is 0.346. The Labute approximate surface area is 159 Å². The molecule has 1 aliphatic heterocycles. The summed E-state index contributed by atoms with van der Waals surface area (Å²) in [6, 6.07) is 10.2. The number of aromatic amines is 1. The highest BCUT2D eigenvalue weighted by Crippen LogP contribution is 2.24. The molecule has 1 amide bonds. The van der Waals surface area contributed by atoms with E-state index in [1.807, 2.05) is 0 Å². The third-order valence-electron chi connectivity index (χ3n) is 4.59. The maximum Gasteiger partial charge on any atom is 0.261 e. The van der Waals surface area contributed by atoms with Crippen molar-refractivity contribution in [3.8, 4) is 0 Å². The summed E-state index contributed by atoms with van der Waals surface area (Å²) in [5.74, 6) is -0.782. The van der Waals surface area contributed by atoms with Crippen molar-refractivity contribution in [2.24, 2.45) is 0 Å². The van der Waals surface area contributed by atoms with Crippen LogP contribution < -0.4 is 10.3 Å². The van der Waals surface area contributed by atoms with Gasteiger partial charge in [0.05, 0.1) is 10.5 Å². The van der Waals surface area contributed by atoms with E-state index in [9.17, 15) is 22.4 Å². The smallest absolute Gasteiger partial charge is 0.261 e. The van der Waals surface area contributed by atoms with Crippen molar-refractivity contribution in [2.75, 3.05) is 17.8 Å². The Morgan fingerprint density at radius 1 is 1.07 bits per heavy atom. The Morgan fingerprint density at radius 3 is 2.43 bits per heavy atom. The van der Waals surface area contributed by atoms with E-state index >= 15 is 0 Å². The number of sulfonamides is 1. The summed E-state index contributed by atoms with van der Waals surface area (Å²) >= 11 is 0. The average Bonchev–Trinajstić information content (AvgIpc) is 2.61. The van der Waals surface area contributed by atoms with Crippen LogP contribution in [-0.4, -0.2) is 37.3 Å². The van der Waals surface area contributed by atoms with Crippen LogP contribution in [0.3, 0.4) is 0 Å². The average molecular weight is 401 g/mol. The van der Waals surface area contributed by atoms with Crippen LogP contribution in [0.15, 0.2) is 58.2 Å². The summed E-state index contributed by atoms with van der Waals surface area (Å²) in [6.07, 6.45) is 0.897. The van der Waals surface area contributed by atoms with E-state index in [1.54, 1.807) is 4.90 Å². The van der Waals surface area contributed by atoms with E-state index in [-0.39, 0.29) is 22.1 Å². The Morgan fingerprint density at radius 2 is 1.79 bits per heavy atom. The number of carbonyl (C=O) groups is 1. The number of rotatable bonds is 4. The van der Waals surface area contributed by atoms with Gasteiger partial charge in [0.15, 0.2) is 0 Å². The van der Waals surface area contributed by atoms with Gasteiger partial charge in [-0.15, -0.1) is 0 Å². The van der Waals surface area contributed by atoms with Crippen molar-refractivity contribution in [2.45, 2.75) is 11.3 Å². The number of carbonyl (C=O) groups excluding carboxylic acids is 1. The van der Waals surface area contributed by atoms with Crippen LogP contribution in [0.4, 0.5) is 10.1 Å². The fraction of sp³-hybridized carbons (Fsp3) is 0.158. The van der Waals surface area contributed by atoms with Gasteiger partial charge in [0.1, 0.15) is 5.82 Å². The van der Waals surface area contributed by atoms with Crippen LogP contribution in [-0.2, 0) is 10.0 Å². The number of fused-ring (bicyclic) bond motifs is 1. The first-order valence-corrected chi connectivity index (χ1v) is 10.1. The number of benzene rings is 2. The molecular formula is C19H16FN3O4S. The Balaban J connectivity index is 1.77. The predicted octanol–water partition coefficient (Wildman–Crippen LogP) is 2.31. The normalized spacial score (nSPS) is 14.0. The molecular weight excluding hydrogens is 385 g/mol.